The van der Waals surface area contributed by atoms with Crippen LogP contribution in [0.3, 0.4) is 0 Å². The number of nitrogens with two attached hydrogens (primary N) is 1. The standard InChI is InChI=1S/C51H69N9O7S/c1-31(63-4)44-39(26-36(28-53-44)57-13-11-56(12-14-57)34-6-7-34)46-40-27-51(2,3)30-67-50(62)45-33-23-35(24-33)60(55-45)49(61)43(52)47(58-15-20-65-21-16-58)48-54-41(29-68-48)32-5-8-42(38(40)25-32)59(46)17-22-66-37-9-18-64-19-10-37/h5,8,25-26,28-29,31,33-35,37,43,45,47,55H,6-7,9-24,27,30,52H2,1-4H3/t31-,33?,35?,43-,45-,47-/m0/s1. The molecule has 4 atom stereocenters. The molecule has 6 aliphatic heterocycles. The highest BCUT2D eigenvalue weighted by Gasteiger charge is 2.52. The lowest BCUT2D eigenvalue weighted by Crippen LogP contribution is -2.71. The van der Waals surface area contributed by atoms with Crippen molar-refractivity contribution >= 4 is 39.8 Å². The van der Waals surface area contributed by atoms with Crippen LogP contribution in [0.15, 0.2) is 35.8 Å². The maximum absolute atomic E-state index is 14.5. The number of carbonyl (C=O) groups excluding carboxylic acids is 2. The van der Waals surface area contributed by atoms with Crippen molar-refractivity contribution in [1.82, 2.24) is 34.8 Å². The third-order valence-electron chi connectivity index (χ3n) is 15.8. The lowest BCUT2D eigenvalue weighted by molar-refractivity contribution is -0.171. The first kappa shape index (κ1) is 46.3. The third kappa shape index (κ3) is 9.11. The lowest BCUT2D eigenvalue weighted by Gasteiger charge is -2.53. The molecule has 16 nitrogen and oxygen atoms in total. The SMILES string of the molecule is CO[C@@H](C)c1ncc(N2CCN(C3CC3)CC2)cc1-c1c2c3cc(ccc3n1CCOC1CCOCC1)-c1csc(n1)[C@@H](N1CCOCC1)[C@H](N)C(=O)N1N[C@H](C(=O)OCC(C)(C)C2)C2CC1C2. The lowest BCUT2D eigenvalue weighted by atomic mass is 9.73. The molecule has 2 aliphatic carbocycles. The summed E-state index contributed by atoms with van der Waals surface area (Å²) >= 11 is 1.54. The summed E-state index contributed by atoms with van der Waals surface area (Å²) in [6.07, 6.45) is 8.33. The molecular formula is C51H69N9O7S. The molecule has 68 heavy (non-hydrogen) atoms. The molecule has 12 rings (SSSR count). The molecular weight excluding hydrogens is 883 g/mol. The molecule has 17 heteroatoms. The second-order valence-electron chi connectivity index (χ2n) is 21.0. The molecule has 9 heterocycles. The maximum Gasteiger partial charge on any atom is 0.325 e. The van der Waals surface area contributed by atoms with Crippen LogP contribution in [0.5, 0.6) is 0 Å². The zero-order chi connectivity index (χ0) is 46.7. The number of carbonyl (C=O) groups is 2. The summed E-state index contributed by atoms with van der Waals surface area (Å²) in [5.74, 6) is -0.488. The average Bonchev–Trinajstić information content (AvgIpc) is 4.03. The molecule has 1 amide bonds. The van der Waals surface area contributed by atoms with Crippen LogP contribution in [0.25, 0.3) is 33.4 Å². The van der Waals surface area contributed by atoms with Gasteiger partial charge in [0.2, 0.25) is 0 Å². The number of rotatable bonds is 10. The van der Waals surface area contributed by atoms with Gasteiger partial charge in [0.1, 0.15) is 17.1 Å². The molecule has 8 aliphatic rings. The number of hydrogen-bond acceptors (Lipinski definition) is 15. The van der Waals surface area contributed by atoms with Gasteiger partial charge >= 0.3 is 5.97 Å². The summed E-state index contributed by atoms with van der Waals surface area (Å²) in [7, 11) is 1.75. The van der Waals surface area contributed by atoms with Crippen molar-refractivity contribution in [3.8, 4) is 22.5 Å². The van der Waals surface area contributed by atoms with E-state index in [1.165, 1.54) is 12.8 Å². The predicted molar refractivity (Wildman–Crippen MR) is 260 cm³/mol. The summed E-state index contributed by atoms with van der Waals surface area (Å²) in [5, 5.41) is 5.62. The highest BCUT2D eigenvalue weighted by atomic mass is 32.1. The fourth-order valence-corrected chi connectivity index (χ4v) is 12.6. The molecule has 2 saturated carbocycles. The highest BCUT2D eigenvalue weighted by Crippen LogP contribution is 2.45. The number of thiazole rings is 1. The van der Waals surface area contributed by atoms with Crippen molar-refractivity contribution in [3.63, 3.8) is 0 Å². The number of aromatic nitrogens is 3. The van der Waals surface area contributed by atoms with E-state index in [0.29, 0.717) is 59.1 Å². The van der Waals surface area contributed by atoms with Crippen LogP contribution in [0, 0.1) is 11.3 Å². The first-order valence-corrected chi connectivity index (χ1v) is 26.1. The molecule has 0 unspecified atom stereocenters. The van der Waals surface area contributed by atoms with E-state index >= 15 is 0 Å². The molecule has 366 valence electrons. The van der Waals surface area contributed by atoms with Gasteiger partial charge in [0.05, 0.1) is 73.6 Å². The van der Waals surface area contributed by atoms with Crippen molar-refractivity contribution in [3.05, 3.63) is 52.1 Å². The topological polar surface area (TPSA) is 162 Å². The molecule has 4 aromatic rings. The number of hydrogen-bond donors (Lipinski definition) is 2. The Kier molecular flexibility index (Phi) is 13.1. The molecule has 7 fully saturated rings. The largest absolute Gasteiger partial charge is 0.464 e. The summed E-state index contributed by atoms with van der Waals surface area (Å²) in [4.78, 5) is 46.8. The van der Waals surface area contributed by atoms with Crippen LogP contribution in [0.4, 0.5) is 5.69 Å². The Balaban J connectivity index is 1.06. The predicted octanol–water partition coefficient (Wildman–Crippen LogP) is 5.33. The maximum atomic E-state index is 14.5. The van der Waals surface area contributed by atoms with Crippen LogP contribution in [0.2, 0.25) is 0 Å². The number of benzene rings is 1. The Morgan fingerprint density at radius 2 is 1.72 bits per heavy atom. The van der Waals surface area contributed by atoms with Crippen LogP contribution in [-0.4, -0.2) is 158 Å². The fraction of sp³-hybridized carbons (Fsp3) is 0.647. The number of amides is 1. The number of hydrazine groups is 1. The Morgan fingerprint density at radius 3 is 2.47 bits per heavy atom. The molecule has 5 saturated heterocycles. The highest BCUT2D eigenvalue weighted by molar-refractivity contribution is 7.10. The number of methoxy groups -OCH3 is 1. The van der Waals surface area contributed by atoms with Crippen molar-refractivity contribution < 1.29 is 33.3 Å². The van der Waals surface area contributed by atoms with E-state index in [4.69, 9.17) is 39.4 Å². The number of anilines is 1. The summed E-state index contributed by atoms with van der Waals surface area (Å²) < 4.78 is 33.0. The van der Waals surface area contributed by atoms with E-state index in [2.05, 4.69) is 75.1 Å². The first-order chi connectivity index (χ1) is 33.0. The van der Waals surface area contributed by atoms with E-state index in [1.54, 1.807) is 23.5 Å². The smallest absolute Gasteiger partial charge is 0.325 e. The Morgan fingerprint density at radius 1 is 0.956 bits per heavy atom. The number of nitrogens with one attached hydrogen (secondary N) is 1. The van der Waals surface area contributed by atoms with Crippen molar-refractivity contribution in [2.75, 3.05) is 90.9 Å². The Hall–Kier alpha value is -4.04. The third-order valence-corrected chi connectivity index (χ3v) is 16.7. The number of esters is 1. The number of ether oxygens (including phenoxy) is 5. The number of fused-ring (bicyclic) bond motifs is 4. The van der Waals surface area contributed by atoms with Crippen LogP contribution < -0.4 is 16.1 Å². The van der Waals surface area contributed by atoms with Gasteiger partial charge in [-0.1, -0.05) is 19.9 Å². The minimum absolute atomic E-state index is 0.0254. The fourth-order valence-electron chi connectivity index (χ4n) is 11.6. The van der Waals surface area contributed by atoms with Gasteiger partial charge in [-0.05, 0) is 81.5 Å². The minimum atomic E-state index is -0.921. The monoisotopic (exact) mass is 952 g/mol. The summed E-state index contributed by atoms with van der Waals surface area (Å²) in [5.41, 5.74) is 18.0. The van der Waals surface area contributed by atoms with E-state index in [1.807, 2.05) is 6.20 Å². The van der Waals surface area contributed by atoms with Crippen molar-refractivity contribution in [2.24, 2.45) is 17.1 Å². The molecule has 8 bridgehead atoms. The number of pyridine rings is 1. The van der Waals surface area contributed by atoms with E-state index < -0.39 is 23.5 Å². The molecule has 0 spiro atoms. The van der Waals surface area contributed by atoms with Crippen LogP contribution >= 0.6 is 11.3 Å². The minimum Gasteiger partial charge on any atom is -0.464 e. The zero-order valence-corrected chi connectivity index (χ0v) is 41.0. The normalized spacial score (nSPS) is 28.0. The zero-order valence-electron chi connectivity index (χ0n) is 40.2. The van der Waals surface area contributed by atoms with Gasteiger partial charge in [-0.25, -0.2) is 10.4 Å². The van der Waals surface area contributed by atoms with Gasteiger partial charge in [-0.15, -0.1) is 11.3 Å². The van der Waals surface area contributed by atoms with E-state index in [9.17, 15) is 9.59 Å². The molecule has 0 radical (unpaired) electrons. The summed E-state index contributed by atoms with van der Waals surface area (Å²) in [6, 6.07) is 7.70. The van der Waals surface area contributed by atoms with Crippen molar-refractivity contribution in [2.45, 2.75) is 115 Å². The number of piperazine rings is 1. The van der Waals surface area contributed by atoms with Gasteiger partial charge in [-0.2, -0.15) is 0 Å². The molecule has 3 aromatic heterocycles. The van der Waals surface area contributed by atoms with Gasteiger partial charge in [0.15, 0.2) is 0 Å². The van der Waals surface area contributed by atoms with E-state index in [0.717, 1.165) is 113 Å². The second-order valence-corrected chi connectivity index (χ2v) is 21.9. The van der Waals surface area contributed by atoms with E-state index in [-0.39, 0.29) is 42.7 Å². The summed E-state index contributed by atoms with van der Waals surface area (Å²) in [6.45, 7) is 15.5. The number of cyclic esters (lactones) is 1. The molecule has 3 N–H and O–H groups in total. The first-order valence-electron chi connectivity index (χ1n) is 25.2. The number of morpholine rings is 1. The van der Waals surface area contributed by atoms with Crippen LogP contribution in [-0.2, 0) is 46.2 Å². The van der Waals surface area contributed by atoms with Crippen LogP contribution in [0.1, 0.15) is 87.7 Å². The quantitative estimate of drug-likeness (QED) is 0.196. The Labute approximate surface area is 403 Å². The Bertz CT molecular complexity index is 2470. The van der Waals surface area contributed by atoms with Gasteiger partial charge in [0, 0.05) is 111 Å². The molecule has 1 aromatic carbocycles. The van der Waals surface area contributed by atoms with Gasteiger partial charge in [0.25, 0.3) is 5.91 Å². The number of nitrogens with zero attached hydrogens (tertiary/aromatic N) is 7. The second kappa shape index (κ2) is 19.3. The van der Waals surface area contributed by atoms with Crippen molar-refractivity contribution in [1.29, 1.82) is 0 Å². The van der Waals surface area contributed by atoms with Gasteiger partial charge < -0.3 is 38.9 Å². The van der Waals surface area contributed by atoms with Gasteiger partial charge in [-0.3, -0.25) is 29.4 Å². The average molecular weight is 952 g/mol.